The molecule has 0 unspecified atom stereocenters. The van der Waals surface area contributed by atoms with Gasteiger partial charge in [-0.3, -0.25) is 4.79 Å². The van der Waals surface area contributed by atoms with Gasteiger partial charge in [-0.15, -0.1) is 0 Å². The van der Waals surface area contributed by atoms with E-state index in [0.29, 0.717) is 23.9 Å². The van der Waals surface area contributed by atoms with Gasteiger partial charge in [-0.25, -0.2) is 9.78 Å². The Morgan fingerprint density at radius 2 is 2.29 bits per heavy atom. The van der Waals surface area contributed by atoms with Gasteiger partial charge in [0.15, 0.2) is 5.13 Å². The number of nitrogen functional groups attached to an aromatic ring is 1. The van der Waals surface area contributed by atoms with Gasteiger partial charge in [0.05, 0.1) is 10.2 Å². The molecule has 0 bridgehead atoms. The highest BCUT2D eigenvalue weighted by Crippen LogP contribution is 2.27. The molecule has 1 aliphatic rings. The van der Waals surface area contributed by atoms with Gasteiger partial charge in [-0.05, 0) is 18.2 Å². The molecule has 0 radical (unpaired) electrons. The summed E-state index contributed by atoms with van der Waals surface area (Å²) >= 11 is 1.36. The van der Waals surface area contributed by atoms with Crippen LogP contribution in [-0.2, 0) is 4.79 Å². The molecule has 1 saturated heterocycles. The molecule has 0 spiro atoms. The SMILES string of the molecule is CN1CCN(CC(=O)Nc2nc3ccc(N)cc3s2)C1=O. The number of carbonyl (C=O) groups excluding carboxylic acids is 2. The van der Waals surface area contributed by atoms with Crippen LogP contribution < -0.4 is 11.1 Å². The number of nitrogens with two attached hydrogens (primary N) is 1. The molecule has 1 aromatic carbocycles. The predicted molar refractivity (Wildman–Crippen MR) is 82.3 cm³/mol. The molecule has 2 aromatic rings. The lowest BCUT2D eigenvalue weighted by atomic mass is 10.3. The summed E-state index contributed by atoms with van der Waals surface area (Å²) in [7, 11) is 1.72. The van der Waals surface area contributed by atoms with Crippen LogP contribution in [0.1, 0.15) is 0 Å². The third-order valence-corrected chi connectivity index (χ3v) is 4.23. The number of amides is 3. The topological polar surface area (TPSA) is 91.6 Å². The Kier molecular flexibility index (Phi) is 3.38. The van der Waals surface area contributed by atoms with Crippen LogP contribution in [0.15, 0.2) is 18.2 Å². The second kappa shape index (κ2) is 5.21. The normalized spacial score (nSPS) is 15.0. The molecule has 110 valence electrons. The number of fused-ring (bicyclic) bond motifs is 1. The molecular formula is C13H15N5O2S. The molecule has 3 amide bonds. The van der Waals surface area contributed by atoms with E-state index in [1.807, 2.05) is 12.1 Å². The lowest BCUT2D eigenvalue weighted by molar-refractivity contribution is -0.116. The van der Waals surface area contributed by atoms with Gasteiger partial charge in [0, 0.05) is 25.8 Å². The van der Waals surface area contributed by atoms with Crippen molar-refractivity contribution in [2.24, 2.45) is 0 Å². The highest BCUT2D eigenvalue weighted by molar-refractivity contribution is 7.22. The second-order valence-corrected chi connectivity index (χ2v) is 5.95. The molecule has 0 atom stereocenters. The first kappa shape index (κ1) is 13.6. The van der Waals surface area contributed by atoms with E-state index >= 15 is 0 Å². The fourth-order valence-electron chi connectivity index (χ4n) is 2.18. The molecule has 2 heterocycles. The highest BCUT2D eigenvalue weighted by Gasteiger charge is 2.27. The van der Waals surface area contributed by atoms with Crippen molar-refractivity contribution in [1.29, 1.82) is 0 Å². The summed E-state index contributed by atoms with van der Waals surface area (Å²) in [6, 6.07) is 5.28. The van der Waals surface area contributed by atoms with E-state index in [2.05, 4.69) is 10.3 Å². The number of carbonyl (C=O) groups is 2. The Morgan fingerprint density at radius 3 is 3.00 bits per heavy atom. The first-order chi connectivity index (χ1) is 10.0. The standard InChI is InChI=1S/C13H15N5O2S/c1-17-4-5-18(13(17)20)7-11(19)16-12-15-9-3-2-8(14)6-10(9)21-12/h2-3,6H,4-5,7,14H2,1H3,(H,15,16,19). The van der Waals surface area contributed by atoms with Crippen molar-refractivity contribution in [3.05, 3.63) is 18.2 Å². The van der Waals surface area contributed by atoms with Gasteiger partial charge in [0.25, 0.3) is 0 Å². The number of thiazole rings is 1. The minimum absolute atomic E-state index is 0.0429. The van der Waals surface area contributed by atoms with Gasteiger partial charge in [0.1, 0.15) is 6.54 Å². The van der Waals surface area contributed by atoms with Gasteiger partial charge in [-0.2, -0.15) is 0 Å². The lowest BCUT2D eigenvalue weighted by Gasteiger charge is -2.14. The van der Waals surface area contributed by atoms with Crippen LogP contribution in [0.25, 0.3) is 10.2 Å². The van der Waals surface area contributed by atoms with Crippen LogP contribution in [0.5, 0.6) is 0 Å². The Morgan fingerprint density at radius 1 is 1.48 bits per heavy atom. The third kappa shape index (κ3) is 2.75. The minimum Gasteiger partial charge on any atom is -0.399 e. The maximum absolute atomic E-state index is 12.0. The van der Waals surface area contributed by atoms with Crippen LogP contribution in [0.4, 0.5) is 15.6 Å². The molecule has 21 heavy (non-hydrogen) atoms. The Balaban J connectivity index is 1.67. The summed E-state index contributed by atoms with van der Waals surface area (Å²) in [5.41, 5.74) is 7.17. The van der Waals surface area contributed by atoms with Crippen molar-refractivity contribution in [3.63, 3.8) is 0 Å². The third-order valence-electron chi connectivity index (χ3n) is 3.30. The van der Waals surface area contributed by atoms with Crippen LogP contribution in [0.2, 0.25) is 0 Å². The first-order valence-corrected chi connectivity index (χ1v) is 7.30. The van der Waals surface area contributed by atoms with E-state index in [9.17, 15) is 9.59 Å². The summed E-state index contributed by atoms with van der Waals surface area (Å²) in [4.78, 5) is 31.1. The van der Waals surface area contributed by atoms with Crippen molar-refractivity contribution >= 4 is 44.3 Å². The van der Waals surface area contributed by atoms with E-state index in [4.69, 9.17) is 5.73 Å². The summed E-state index contributed by atoms with van der Waals surface area (Å²) < 4.78 is 0.919. The van der Waals surface area contributed by atoms with Crippen LogP contribution in [0, 0.1) is 0 Å². The zero-order valence-electron chi connectivity index (χ0n) is 11.5. The first-order valence-electron chi connectivity index (χ1n) is 6.49. The smallest absolute Gasteiger partial charge is 0.320 e. The van der Waals surface area contributed by atoms with Gasteiger partial charge >= 0.3 is 6.03 Å². The second-order valence-electron chi connectivity index (χ2n) is 4.92. The fraction of sp³-hybridized carbons (Fsp3) is 0.308. The predicted octanol–water partition coefficient (Wildman–Crippen LogP) is 1.18. The summed E-state index contributed by atoms with van der Waals surface area (Å²) in [6.07, 6.45) is 0. The lowest BCUT2D eigenvalue weighted by Crippen LogP contribution is -2.36. The molecule has 8 heteroatoms. The number of nitrogens with one attached hydrogen (secondary N) is 1. The Labute approximate surface area is 125 Å². The minimum atomic E-state index is -0.245. The van der Waals surface area contributed by atoms with Crippen molar-refractivity contribution in [1.82, 2.24) is 14.8 Å². The molecule has 1 aromatic heterocycles. The van der Waals surface area contributed by atoms with Crippen LogP contribution in [-0.4, -0.2) is 53.4 Å². The molecule has 3 rings (SSSR count). The van der Waals surface area contributed by atoms with E-state index in [1.54, 1.807) is 18.0 Å². The van der Waals surface area contributed by atoms with Gasteiger partial charge in [-0.1, -0.05) is 11.3 Å². The summed E-state index contributed by atoms with van der Waals surface area (Å²) in [5.74, 6) is -0.245. The van der Waals surface area contributed by atoms with E-state index in [-0.39, 0.29) is 18.5 Å². The molecule has 3 N–H and O–H groups in total. The fourth-order valence-corrected chi connectivity index (χ4v) is 3.11. The maximum Gasteiger partial charge on any atom is 0.320 e. The number of urea groups is 1. The Hall–Kier alpha value is -2.35. The largest absolute Gasteiger partial charge is 0.399 e. The average molecular weight is 305 g/mol. The number of anilines is 2. The van der Waals surface area contributed by atoms with Crippen molar-refractivity contribution in [2.45, 2.75) is 0 Å². The highest BCUT2D eigenvalue weighted by atomic mass is 32.1. The van der Waals surface area contributed by atoms with Gasteiger partial charge < -0.3 is 20.9 Å². The van der Waals surface area contributed by atoms with Crippen molar-refractivity contribution < 1.29 is 9.59 Å². The van der Waals surface area contributed by atoms with Gasteiger partial charge in [0.2, 0.25) is 5.91 Å². The van der Waals surface area contributed by atoms with Crippen molar-refractivity contribution in [3.8, 4) is 0 Å². The van der Waals surface area contributed by atoms with Crippen LogP contribution in [0.3, 0.4) is 0 Å². The number of hydrogen-bond acceptors (Lipinski definition) is 5. The molecule has 7 nitrogen and oxygen atoms in total. The number of benzene rings is 1. The number of hydrogen-bond donors (Lipinski definition) is 2. The zero-order chi connectivity index (χ0) is 15.0. The zero-order valence-corrected chi connectivity index (χ0v) is 12.3. The number of nitrogens with zero attached hydrogens (tertiary/aromatic N) is 3. The summed E-state index contributed by atoms with van der Waals surface area (Å²) in [5, 5.41) is 3.24. The van der Waals surface area contributed by atoms with Crippen molar-refractivity contribution in [2.75, 3.05) is 37.7 Å². The molecular weight excluding hydrogens is 290 g/mol. The number of likely N-dealkylation sites (N-methyl/N-ethyl adjacent to an activating group) is 1. The maximum atomic E-state index is 12.0. The Bertz CT molecular complexity index is 714. The van der Waals surface area contributed by atoms with E-state index in [1.165, 1.54) is 16.2 Å². The van der Waals surface area contributed by atoms with E-state index in [0.717, 1.165) is 10.2 Å². The molecule has 0 saturated carbocycles. The molecule has 0 aliphatic carbocycles. The molecule has 1 aliphatic heterocycles. The van der Waals surface area contributed by atoms with Crippen LogP contribution >= 0.6 is 11.3 Å². The quantitative estimate of drug-likeness (QED) is 0.833. The molecule has 1 fully saturated rings. The summed E-state index contributed by atoms with van der Waals surface area (Å²) in [6.45, 7) is 1.26. The average Bonchev–Trinajstić information content (AvgIpc) is 2.95. The van der Waals surface area contributed by atoms with E-state index < -0.39 is 0 Å². The monoisotopic (exact) mass is 305 g/mol. The number of aromatic nitrogens is 1. The number of rotatable bonds is 3.